The van der Waals surface area contributed by atoms with E-state index >= 15 is 0 Å². The molecule has 0 aliphatic carbocycles. The van der Waals surface area contributed by atoms with Gasteiger partial charge in [-0.05, 0) is 19.1 Å². The maximum absolute atomic E-state index is 11.7. The van der Waals surface area contributed by atoms with Crippen molar-refractivity contribution in [3.8, 4) is 0 Å². The minimum Gasteiger partial charge on any atom is -0.465 e. The molecule has 1 aromatic heterocycles. The van der Waals surface area contributed by atoms with Crippen LogP contribution in [0.15, 0.2) is 51.2 Å². The zero-order valence-electron chi connectivity index (χ0n) is 12.1. The number of nitrogens with one attached hydrogen (secondary N) is 1. The van der Waals surface area contributed by atoms with Crippen molar-refractivity contribution in [3.63, 3.8) is 0 Å². The second-order valence-corrected chi connectivity index (χ2v) is 6.25. The van der Waals surface area contributed by atoms with Gasteiger partial charge in [-0.25, -0.2) is 4.98 Å². The Bertz CT molecular complexity index is 674. The molecule has 0 fully saturated rings. The Balaban J connectivity index is 1.97. The number of ether oxygens (including phenoxy) is 1. The van der Waals surface area contributed by atoms with Gasteiger partial charge in [0.25, 0.3) is 5.56 Å². The van der Waals surface area contributed by atoms with Crippen LogP contribution < -0.4 is 5.56 Å². The van der Waals surface area contributed by atoms with Crippen LogP contribution in [0.25, 0.3) is 0 Å². The zero-order valence-corrected chi connectivity index (χ0v) is 13.7. The number of aromatic nitrogens is 2. The molecule has 0 bridgehead atoms. The summed E-state index contributed by atoms with van der Waals surface area (Å²) in [7, 11) is 0. The Morgan fingerprint density at radius 2 is 2.05 bits per heavy atom. The third-order valence-electron chi connectivity index (χ3n) is 2.53. The smallest absolute Gasteiger partial charge is 0.316 e. The SMILES string of the molecule is CCOC(=O)CSc1nc(CSc2ccccc2)cc(=O)[nH]1. The summed E-state index contributed by atoms with van der Waals surface area (Å²) >= 11 is 2.78. The summed E-state index contributed by atoms with van der Waals surface area (Å²) in [5.74, 6) is 0.409. The lowest BCUT2D eigenvalue weighted by molar-refractivity contribution is -0.139. The highest BCUT2D eigenvalue weighted by molar-refractivity contribution is 7.99. The van der Waals surface area contributed by atoms with Crippen molar-refractivity contribution in [1.29, 1.82) is 0 Å². The van der Waals surface area contributed by atoms with Crippen LogP contribution in [0.1, 0.15) is 12.6 Å². The van der Waals surface area contributed by atoms with Gasteiger partial charge >= 0.3 is 5.97 Å². The Morgan fingerprint density at radius 1 is 1.27 bits per heavy atom. The Morgan fingerprint density at radius 3 is 2.77 bits per heavy atom. The number of aromatic amines is 1. The van der Waals surface area contributed by atoms with Crippen LogP contribution >= 0.6 is 23.5 Å². The molecule has 0 aliphatic heterocycles. The lowest BCUT2D eigenvalue weighted by Crippen LogP contribution is -2.12. The van der Waals surface area contributed by atoms with E-state index in [0.29, 0.717) is 23.2 Å². The molecule has 0 saturated heterocycles. The maximum Gasteiger partial charge on any atom is 0.316 e. The van der Waals surface area contributed by atoms with Crippen molar-refractivity contribution in [2.45, 2.75) is 22.7 Å². The number of hydrogen-bond acceptors (Lipinski definition) is 6. The Hall–Kier alpha value is -1.73. The van der Waals surface area contributed by atoms with Gasteiger partial charge in [0.05, 0.1) is 18.1 Å². The average Bonchev–Trinajstić information content (AvgIpc) is 2.52. The molecule has 0 amide bonds. The van der Waals surface area contributed by atoms with Crippen LogP contribution in [-0.4, -0.2) is 28.3 Å². The van der Waals surface area contributed by atoms with Gasteiger partial charge in [0.2, 0.25) is 0 Å². The van der Waals surface area contributed by atoms with Crippen molar-refractivity contribution in [1.82, 2.24) is 9.97 Å². The summed E-state index contributed by atoms with van der Waals surface area (Å²) in [4.78, 5) is 31.1. The normalized spacial score (nSPS) is 10.4. The van der Waals surface area contributed by atoms with Crippen LogP contribution in [0.3, 0.4) is 0 Å². The number of esters is 1. The first-order chi connectivity index (χ1) is 10.7. The highest BCUT2D eigenvalue weighted by atomic mass is 32.2. The summed E-state index contributed by atoms with van der Waals surface area (Å²) in [6.07, 6.45) is 0. The third kappa shape index (κ3) is 5.57. The molecule has 0 unspecified atom stereocenters. The molecule has 2 rings (SSSR count). The minimum atomic E-state index is -0.320. The van der Waals surface area contributed by atoms with Crippen molar-refractivity contribution in [2.75, 3.05) is 12.4 Å². The van der Waals surface area contributed by atoms with Crippen LogP contribution in [0.4, 0.5) is 0 Å². The highest BCUT2D eigenvalue weighted by Crippen LogP contribution is 2.21. The molecule has 0 aliphatic rings. The molecule has 7 heteroatoms. The molecule has 5 nitrogen and oxygen atoms in total. The summed E-state index contributed by atoms with van der Waals surface area (Å²) in [5.41, 5.74) is 0.467. The number of H-pyrrole nitrogens is 1. The molecular weight excluding hydrogens is 320 g/mol. The number of rotatable bonds is 7. The fourth-order valence-corrected chi connectivity index (χ4v) is 3.13. The van der Waals surface area contributed by atoms with Crippen LogP contribution in [0.2, 0.25) is 0 Å². The molecule has 0 radical (unpaired) electrons. The molecule has 0 saturated carbocycles. The van der Waals surface area contributed by atoms with Crippen LogP contribution in [0, 0.1) is 0 Å². The molecule has 0 spiro atoms. The maximum atomic E-state index is 11.7. The van der Waals surface area contributed by atoms with E-state index in [0.717, 1.165) is 4.90 Å². The van der Waals surface area contributed by atoms with E-state index in [-0.39, 0.29) is 17.3 Å². The van der Waals surface area contributed by atoms with E-state index in [1.807, 2.05) is 30.3 Å². The van der Waals surface area contributed by atoms with Gasteiger partial charge in [-0.1, -0.05) is 30.0 Å². The highest BCUT2D eigenvalue weighted by Gasteiger charge is 2.07. The topological polar surface area (TPSA) is 72.0 Å². The molecule has 116 valence electrons. The van der Waals surface area contributed by atoms with Gasteiger partial charge in [-0.15, -0.1) is 11.8 Å². The van der Waals surface area contributed by atoms with Gasteiger partial charge in [-0.2, -0.15) is 0 Å². The van der Waals surface area contributed by atoms with E-state index in [2.05, 4.69) is 9.97 Å². The van der Waals surface area contributed by atoms with Crippen molar-refractivity contribution >= 4 is 29.5 Å². The van der Waals surface area contributed by atoms with E-state index in [9.17, 15) is 9.59 Å². The summed E-state index contributed by atoms with van der Waals surface area (Å²) in [5, 5.41) is 0.434. The second-order valence-electron chi connectivity index (χ2n) is 4.24. The molecule has 22 heavy (non-hydrogen) atoms. The van der Waals surface area contributed by atoms with Crippen LogP contribution in [0.5, 0.6) is 0 Å². The zero-order chi connectivity index (χ0) is 15.8. The predicted molar refractivity (Wildman–Crippen MR) is 88.2 cm³/mol. The van der Waals surface area contributed by atoms with Gasteiger partial charge in [0.15, 0.2) is 5.16 Å². The second kappa shape index (κ2) is 8.65. The lowest BCUT2D eigenvalue weighted by atomic mass is 10.4. The molecule has 1 aromatic carbocycles. The standard InChI is InChI=1S/C15H16N2O3S2/c1-2-20-14(19)10-22-15-16-11(8-13(18)17-15)9-21-12-6-4-3-5-7-12/h3-8H,2,9-10H2,1H3,(H,16,17,18). The number of hydrogen-bond donors (Lipinski definition) is 1. The molecule has 0 atom stereocenters. The third-order valence-corrected chi connectivity index (χ3v) is 4.43. The van der Waals surface area contributed by atoms with E-state index in [4.69, 9.17) is 4.74 Å². The monoisotopic (exact) mass is 336 g/mol. The van der Waals surface area contributed by atoms with Crippen molar-refractivity contribution in [2.24, 2.45) is 0 Å². The minimum absolute atomic E-state index is 0.131. The van der Waals surface area contributed by atoms with Crippen molar-refractivity contribution < 1.29 is 9.53 Å². The number of carbonyl (C=O) groups excluding carboxylic acids is 1. The van der Waals surface area contributed by atoms with E-state index in [1.54, 1.807) is 18.7 Å². The van der Waals surface area contributed by atoms with E-state index in [1.165, 1.54) is 17.8 Å². The summed E-state index contributed by atoms with van der Waals surface area (Å²) in [6.45, 7) is 2.10. The summed E-state index contributed by atoms with van der Waals surface area (Å²) in [6, 6.07) is 11.4. The number of thioether (sulfide) groups is 2. The fraction of sp³-hybridized carbons (Fsp3) is 0.267. The average molecular weight is 336 g/mol. The first-order valence-corrected chi connectivity index (χ1v) is 8.71. The quantitative estimate of drug-likeness (QED) is 0.476. The van der Waals surface area contributed by atoms with E-state index < -0.39 is 0 Å². The fourth-order valence-electron chi connectivity index (χ4n) is 1.63. The molecular formula is C15H16N2O3S2. The number of nitrogens with zero attached hydrogens (tertiary/aromatic N) is 1. The first kappa shape index (κ1) is 16.6. The summed E-state index contributed by atoms with van der Waals surface area (Å²) < 4.78 is 4.85. The number of benzene rings is 1. The Kier molecular flexibility index (Phi) is 6.54. The lowest BCUT2D eigenvalue weighted by Gasteiger charge is -2.04. The van der Waals surface area contributed by atoms with Crippen molar-refractivity contribution in [3.05, 3.63) is 52.4 Å². The molecule has 1 heterocycles. The predicted octanol–water partition coefficient (Wildman–Crippen LogP) is 2.72. The first-order valence-electron chi connectivity index (χ1n) is 6.74. The van der Waals surface area contributed by atoms with Crippen LogP contribution in [-0.2, 0) is 15.3 Å². The van der Waals surface area contributed by atoms with Gasteiger partial charge in [-0.3, -0.25) is 9.59 Å². The largest absolute Gasteiger partial charge is 0.465 e. The number of carbonyl (C=O) groups is 1. The van der Waals surface area contributed by atoms with Gasteiger partial charge in [0, 0.05) is 16.7 Å². The molecule has 1 N–H and O–H groups in total. The van der Waals surface area contributed by atoms with Gasteiger partial charge < -0.3 is 9.72 Å². The molecule has 2 aromatic rings. The van der Waals surface area contributed by atoms with Gasteiger partial charge in [0.1, 0.15) is 0 Å². The Labute approximate surface area is 136 Å².